The van der Waals surface area contributed by atoms with Crippen LogP contribution in [0.15, 0.2) is 59.5 Å². The van der Waals surface area contributed by atoms with Crippen molar-refractivity contribution in [3.05, 3.63) is 87.3 Å². The van der Waals surface area contributed by atoms with Gasteiger partial charge in [0.15, 0.2) is 0 Å². The lowest BCUT2D eigenvalue weighted by Gasteiger charge is -2.16. The predicted molar refractivity (Wildman–Crippen MR) is 132 cm³/mol. The second-order valence-corrected chi connectivity index (χ2v) is 9.06. The van der Waals surface area contributed by atoms with Crippen molar-refractivity contribution < 1.29 is 36.2 Å². The van der Waals surface area contributed by atoms with Crippen molar-refractivity contribution in [1.82, 2.24) is 14.8 Å². The smallest absolute Gasteiger partial charge is 0.416 e. The van der Waals surface area contributed by atoms with Crippen LogP contribution in [0, 0.1) is 0 Å². The van der Waals surface area contributed by atoms with E-state index in [1.165, 1.54) is 44.6 Å². The van der Waals surface area contributed by atoms with Gasteiger partial charge in [-0.1, -0.05) is 29.4 Å². The third-order valence-corrected chi connectivity index (χ3v) is 6.26. The first kappa shape index (κ1) is 27.7. The Morgan fingerprint density at radius 2 is 1.79 bits per heavy atom. The number of hydrogen-bond acceptors (Lipinski definition) is 7. The molecule has 4 rings (SSSR count). The SMILES string of the molecule is COc1ccc(C(F)(F)F)cc1-c1cn(C)c(=O)cc1C(=O)Nc1nnc(OCc2ccc(C(F)F)cc2)s1. The van der Waals surface area contributed by atoms with Crippen LogP contribution < -0.4 is 20.3 Å². The summed E-state index contributed by atoms with van der Waals surface area (Å²) in [6.45, 7) is 0.000311. The Morgan fingerprint density at radius 3 is 2.44 bits per heavy atom. The average molecular weight is 567 g/mol. The number of ether oxygens (including phenoxy) is 2. The maximum atomic E-state index is 13.4. The largest absolute Gasteiger partial charge is 0.496 e. The second-order valence-electron chi connectivity index (χ2n) is 8.12. The summed E-state index contributed by atoms with van der Waals surface area (Å²) in [5.41, 5.74) is -1.31. The Bertz CT molecular complexity index is 1550. The molecule has 0 radical (unpaired) electrons. The molecule has 8 nitrogen and oxygen atoms in total. The highest BCUT2D eigenvalue weighted by Gasteiger charge is 2.32. The highest BCUT2D eigenvalue weighted by molar-refractivity contribution is 7.17. The van der Waals surface area contributed by atoms with Crippen molar-refractivity contribution >= 4 is 22.4 Å². The van der Waals surface area contributed by atoms with Crippen LogP contribution in [0.5, 0.6) is 10.9 Å². The Labute approximate surface area is 221 Å². The van der Waals surface area contributed by atoms with Crippen LogP contribution >= 0.6 is 11.3 Å². The number of pyridine rings is 1. The van der Waals surface area contributed by atoms with E-state index in [9.17, 15) is 31.5 Å². The summed E-state index contributed by atoms with van der Waals surface area (Å²) in [5.74, 6) is -0.767. The number of carbonyl (C=O) groups excluding carboxylic acids is 1. The number of halogens is 5. The standard InChI is InChI=1S/C25H19F5N4O4S/c1-34-11-18(16-9-15(25(28,29)30)7-8-19(16)37-2)17(10-20(34)35)22(36)31-23-32-33-24(39-23)38-12-13-3-5-14(6-4-13)21(26)27/h3-11,21H,12H2,1-2H3,(H,31,32,36). The molecule has 0 aliphatic rings. The lowest BCUT2D eigenvalue weighted by Crippen LogP contribution is -2.22. The summed E-state index contributed by atoms with van der Waals surface area (Å²) in [7, 11) is 2.66. The monoisotopic (exact) mass is 566 g/mol. The molecular weight excluding hydrogens is 547 g/mol. The van der Waals surface area contributed by atoms with Gasteiger partial charge < -0.3 is 14.0 Å². The number of methoxy groups -OCH3 is 1. The molecule has 2 heterocycles. The second kappa shape index (κ2) is 11.2. The first-order valence-corrected chi connectivity index (χ1v) is 11.9. The summed E-state index contributed by atoms with van der Waals surface area (Å²) in [6.07, 6.45) is -6.00. The van der Waals surface area contributed by atoms with Gasteiger partial charge in [0.25, 0.3) is 23.1 Å². The van der Waals surface area contributed by atoms with Gasteiger partial charge in [-0.25, -0.2) is 8.78 Å². The van der Waals surface area contributed by atoms with E-state index in [1.54, 1.807) is 0 Å². The average Bonchev–Trinajstić information content (AvgIpc) is 3.35. The van der Waals surface area contributed by atoms with Crippen LogP contribution in [0.1, 0.15) is 33.5 Å². The molecule has 0 spiro atoms. The normalized spacial score (nSPS) is 11.5. The zero-order valence-electron chi connectivity index (χ0n) is 20.3. The highest BCUT2D eigenvalue weighted by Crippen LogP contribution is 2.38. The zero-order valence-corrected chi connectivity index (χ0v) is 21.1. The Balaban J connectivity index is 1.57. The quantitative estimate of drug-likeness (QED) is 0.275. The molecule has 0 aliphatic carbocycles. The highest BCUT2D eigenvalue weighted by atomic mass is 32.1. The molecule has 0 atom stereocenters. The summed E-state index contributed by atoms with van der Waals surface area (Å²) in [4.78, 5) is 25.5. The van der Waals surface area contributed by atoms with E-state index in [4.69, 9.17) is 9.47 Å². The number of nitrogens with one attached hydrogen (secondary N) is 1. The molecule has 39 heavy (non-hydrogen) atoms. The maximum absolute atomic E-state index is 13.4. The van der Waals surface area contributed by atoms with Gasteiger partial charge >= 0.3 is 6.18 Å². The number of nitrogens with zero attached hydrogens (tertiary/aromatic N) is 3. The Morgan fingerprint density at radius 1 is 1.08 bits per heavy atom. The first-order valence-electron chi connectivity index (χ1n) is 11.1. The molecule has 2 aromatic carbocycles. The molecule has 1 amide bonds. The number of hydrogen-bond donors (Lipinski definition) is 1. The first-order chi connectivity index (χ1) is 18.5. The summed E-state index contributed by atoms with van der Waals surface area (Å²) in [6, 6.07) is 9.30. The summed E-state index contributed by atoms with van der Waals surface area (Å²) in [5, 5.41) is 10.1. The molecule has 0 bridgehead atoms. The third-order valence-electron chi connectivity index (χ3n) is 5.51. The van der Waals surface area contributed by atoms with Crippen LogP contribution in [-0.4, -0.2) is 27.8 Å². The minimum absolute atomic E-state index is 0.000311. The van der Waals surface area contributed by atoms with E-state index in [2.05, 4.69) is 15.5 Å². The number of amides is 1. The fourth-order valence-electron chi connectivity index (χ4n) is 3.51. The molecule has 14 heteroatoms. The van der Waals surface area contributed by atoms with Gasteiger partial charge in [-0.05, 0) is 35.1 Å². The van der Waals surface area contributed by atoms with E-state index in [-0.39, 0.29) is 44.9 Å². The van der Waals surface area contributed by atoms with Crippen molar-refractivity contribution in [3.8, 4) is 22.1 Å². The molecule has 0 saturated heterocycles. The van der Waals surface area contributed by atoms with Crippen molar-refractivity contribution in [2.45, 2.75) is 19.2 Å². The molecule has 0 fully saturated rings. The van der Waals surface area contributed by atoms with E-state index >= 15 is 0 Å². The van der Waals surface area contributed by atoms with Gasteiger partial charge in [-0.15, -0.1) is 5.10 Å². The van der Waals surface area contributed by atoms with Crippen LogP contribution in [0.4, 0.5) is 27.1 Å². The molecular formula is C25H19F5N4O4S. The van der Waals surface area contributed by atoms with Gasteiger partial charge in [-0.3, -0.25) is 14.9 Å². The minimum Gasteiger partial charge on any atom is -0.496 e. The lowest BCUT2D eigenvalue weighted by atomic mass is 9.98. The number of benzene rings is 2. The number of anilines is 1. The van der Waals surface area contributed by atoms with Gasteiger partial charge in [0.2, 0.25) is 5.13 Å². The molecule has 0 unspecified atom stereocenters. The minimum atomic E-state index is -4.65. The van der Waals surface area contributed by atoms with Gasteiger partial charge in [0.05, 0.1) is 18.2 Å². The van der Waals surface area contributed by atoms with Crippen molar-refractivity contribution in [1.29, 1.82) is 0 Å². The van der Waals surface area contributed by atoms with Gasteiger partial charge in [0.1, 0.15) is 12.4 Å². The zero-order chi connectivity index (χ0) is 28.3. The maximum Gasteiger partial charge on any atom is 0.416 e. The van der Waals surface area contributed by atoms with E-state index in [0.717, 1.165) is 40.2 Å². The molecule has 0 aliphatic heterocycles. The van der Waals surface area contributed by atoms with Crippen LogP contribution in [-0.2, 0) is 19.8 Å². The topological polar surface area (TPSA) is 95.3 Å². The van der Waals surface area contributed by atoms with Gasteiger partial charge in [-0.2, -0.15) is 13.2 Å². The Hall–Kier alpha value is -4.33. The fourth-order valence-corrected chi connectivity index (χ4v) is 4.10. The van der Waals surface area contributed by atoms with E-state index in [1.807, 2.05) is 0 Å². The fraction of sp³-hybridized carbons (Fsp3) is 0.200. The van der Waals surface area contributed by atoms with Crippen LogP contribution in [0.2, 0.25) is 0 Å². The third kappa shape index (κ3) is 6.39. The van der Waals surface area contributed by atoms with Crippen molar-refractivity contribution in [2.75, 3.05) is 12.4 Å². The van der Waals surface area contributed by atoms with E-state index < -0.39 is 29.6 Å². The Kier molecular flexibility index (Phi) is 7.95. The van der Waals surface area contributed by atoms with Crippen molar-refractivity contribution in [2.24, 2.45) is 7.05 Å². The number of alkyl halides is 5. The van der Waals surface area contributed by atoms with Crippen LogP contribution in [0.25, 0.3) is 11.1 Å². The molecule has 204 valence electrons. The molecule has 1 N–H and O–H groups in total. The number of aryl methyl sites for hydroxylation is 1. The summed E-state index contributed by atoms with van der Waals surface area (Å²) >= 11 is 0.852. The van der Waals surface area contributed by atoms with Crippen LogP contribution in [0.3, 0.4) is 0 Å². The molecule has 0 saturated carbocycles. The summed E-state index contributed by atoms with van der Waals surface area (Å²) < 4.78 is 77.4. The molecule has 2 aromatic heterocycles. The number of carbonyl (C=O) groups is 1. The number of aromatic nitrogens is 3. The molecule has 4 aromatic rings. The van der Waals surface area contributed by atoms with E-state index in [0.29, 0.717) is 5.56 Å². The van der Waals surface area contributed by atoms with Gasteiger partial charge in [0, 0.05) is 36.0 Å². The number of rotatable bonds is 8. The van der Waals surface area contributed by atoms with Crippen molar-refractivity contribution in [3.63, 3.8) is 0 Å². The predicted octanol–water partition coefficient (Wildman–Crippen LogP) is 5.70. The lowest BCUT2D eigenvalue weighted by molar-refractivity contribution is -0.137.